The van der Waals surface area contributed by atoms with Crippen molar-refractivity contribution in [3.05, 3.63) is 35.9 Å². The van der Waals surface area contributed by atoms with E-state index in [1.54, 1.807) is 0 Å². The molecule has 0 saturated carbocycles. The van der Waals surface area contributed by atoms with Crippen LogP contribution in [0.1, 0.15) is 14.4 Å². The lowest BCUT2D eigenvalue weighted by atomic mass is 10.2. The highest BCUT2D eigenvalue weighted by molar-refractivity contribution is 5.85. The predicted molar refractivity (Wildman–Crippen MR) is 60.4 cm³/mol. The third-order valence-corrected chi connectivity index (χ3v) is 0.940. The molecule has 0 aliphatic rings. The summed E-state index contributed by atoms with van der Waals surface area (Å²) in [5, 5.41) is 0. The Hall–Kier alpha value is -1.62. The fourth-order valence-electron chi connectivity index (χ4n) is 0.534. The molecule has 0 heterocycles. The minimum Gasteiger partial charge on any atom is -0.255 e. The van der Waals surface area contributed by atoms with Crippen molar-refractivity contribution in [1.82, 2.24) is 0 Å². The first-order valence-electron chi connectivity index (χ1n) is 3.83. The first-order valence-corrected chi connectivity index (χ1v) is 3.12. The van der Waals surface area contributed by atoms with Gasteiger partial charge in [0.1, 0.15) is 0 Å². The van der Waals surface area contributed by atoms with Gasteiger partial charge in [-0.1, -0.05) is 31.5 Å². The monoisotopic (exact) mass is 233 g/mol. The number of carbonyl (C=O) groups excluding carboxylic acids is 2. The highest BCUT2D eigenvalue weighted by atomic mass is 35.5. The summed E-state index contributed by atoms with van der Waals surface area (Å²) in [5.41, 5.74) is 0.938. The zero-order valence-corrected chi connectivity index (χ0v) is 8.09. The van der Waals surface area contributed by atoms with Gasteiger partial charge in [-0.05, 0) is 12.1 Å². The van der Waals surface area contributed by atoms with Crippen LogP contribution in [0.4, 0.5) is 4.39 Å². The van der Waals surface area contributed by atoms with E-state index in [2.05, 4.69) is 5.92 Å². The molecule has 0 N–H and O–H groups in total. The Labute approximate surface area is 97.3 Å². The lowest BCUT2D eigenvalue weighted by Gasteiger charge is -1.82. The minimum absolute atomic E-state index is 0. The summed E-state index contributed by atoms with van der Waals surface area (Å²) < 4.78 is 15.5. The smallest absolute Gasteiger partial charge is 0.255 e. The van der Waals surface area contributed by atoms with Crippen LogP contribution in [0.15, 0.2) is 30.3 Å². The largest absolute Gasteiger partial charge is 0.373 e. The van der Waals surface area contributed by atoms with E-state index in [4.69, 9.17) is 17.4 Å². The molecule has 0 bridgehead atoms. The van der Waals surface area contributed by atoms with Crippen LogP contribution in [0, 0.1) is 12.3 Å². The SMILES string of the molecule is C.C#Cc1ccccc1.Cl.O=C=O.[2H]CF. The van der Waals surface area contributed by atoms with Gasteiger partial charge in [0.2, 0.25) is 0 Å². The number of alkyl halides is 1. The van der Waals surface area contributed by atoms with Crippen LogP contribution in [0.5, 0.6) is 0 Å². The van der Waals surface area contributed by atoms with Crippen LogP contribution in [-0.4, -0.2) is 13.3 Å². The second kappa shape index (κ2) is 22.8. The summed E-state index contributed by atoms with van der Waals surface area (Å²) in [6, 6.07) is 9.60. The van der Waals surface area contributed by atoms with Crippen LogP contribution in [0.2, 0.25) is 0 Å². The van der Waals surface area contributed by atoms with Crippen molar-refractivity contribution in [1.29, 1.82) is 0 Å². The maximum absolute atomic E-state index is 9.96. The van der Waals surface area contributed by atoms with Crippen molar-refractivity contribution in [3.8, 4) is 12.3 Å². The number of terminal acetylenes is 1. The average molecular weight is 234 g/mol. The molecule has 0 fully saturated rings. The normalized spacial score (nSPS) is 6.00. The molecule has 0 unspecified atom stereocenters. The summed E-state index contributed by atoms with van der Waals surface area (Å²) in [7, 11) is -1.00. The van der Waals surface area contributed by atoms with Gasteiger partial charge in [-0.3, -0.25) is 4.39 Å². The summed E-state index contributed by atoms with van der Waals surface area (Å²) in [6.07, 6.45) is 5.35. The van der Waals surface area contributed by atoms with Crippen LogP contribution < -0.4 is 0 Å². The first kappa shape index (κ1) is 19.0. The van der Waals surface area contributed by atoms with E-state index in [1.807, 2.05) is 30.3 Å². The van der Waals surface area contributed by atoms with Gasteiger partial charge in [-0.15, -0.1) is 18.8 Å². The fraction of sp³-hybridized carbons (Fsp3) is 0.182. The average Bonchev–Trinajstić information content (AvgIpc) is 2.21. The topological polar surface area (TPSA) is 34.1 Å². The number of halogens is 2. The molecule has 2 nitrogen and oxygen atoms in total. The van der Waals surface area contributed by atoms with E-state index in [-0.39, 0.29) is 26.0 Å². The zero-order chi connectivity index (χ0) is 11.2. The van der Waals surface area contributed by atoms with E-state index < -0.39 is 7.15 Å². The molecule has 0 radical (unpaired) electrons. The van der Waals surface area contributed by atoms with Gasteiger partial charge in [0.15, 0.2) is 0 Å². The lowest BCUT2D eigenvalue weighted by Crippen LogP contribution is -1.66. The fourth-order valence-corrected chi connectivity index (χ4v) is 0.534. The van der Waals surface area contributed by atoms with Crippen molar-refractivity contribution in [2.24, 2.45) is 0 Å². The van der Waals surface area contributed by atoms with E-state index in [0.29, 0.717) is 0 Å². The zero-order valence-electron chi connectivity index (χ0n) is 8.27. The molecule has 0 spiro atoms. The Morgan fingerprint density at radius 1 is 1.33 bits per heavy atom. The molecule has 0 aliphatic heterocycles. The maximum Gasteiger partial charge on any atom is 0.373 e. The second-order valence-electron chi connectivity index (χ2n) is 1.59. The number of hydrogen-bond donors (Lipinski definition) is 0. The predicted octanol–water partition coefficient (Wildman–Crippen LogP) is 2.73. The molecule has 0 atom stereocenters. The Morgan fingerprint density at radius 3 is 1.87 bits per heavy atom. The molecule has 84 valence electrons. The maximum atomic E-state index is 9.96. The molecule has 1 aromatic rings. The summed E-state index contributed by atoms with van der Waals surface area (Å²) >= 11 is 0. The van der Waals surface area contributed by atoms with Gasteiger partial charge in [0.05, 0.1) is 8.52 Å². The molecule has 1 aromatic carbocycles. The van der Waals surface area contributed by atoms with Crippen LogP contribution in [0.25, 0.3) is 0 Å². The molecule has 15 heavy (non-hydrogen) atoms. The van der Waals surface area contributed by atoms with Crippen molar-refractivity contribution < 1.29 is 15.4 Å². The van der Waals surface area contributed by atoms with Crippen molar-refractivity contribution >= 4 is 18.6 Å². The lowest BCUT2D eigenvalue weighted by molar-refractivity contribution is -0.191. The van der Waals surface area contributed by atoms with Crippen LogP contribution >= 0.6 is 12.4 Å². The van der Waals surface area contributed by atoms with E-state index >= 15 is 0 Å². The Kier molecular flexibility index (Phi) is 29.0. The Bertz CT molecular complexity index is 293. The molecular formula is C11H14ClFO2. The van der Waals surface area contributed by atoms with Gasteiger partial charge in [-0.2, -0.15) is 9.59 Å². The van der Waals surface area contributed by atoms with Gasteiger partial charge < -0.3 is 0 Å². The van der Waals surface area contributed by atoms with Crippen molar-refractivity contribution in [2.75, 3.05) is 7.15 Å². The molecular weight excluding hydrogens is 219 g/mol. The minimum atomic E-state index is -1.00. The summed E-state index contributed by atoms with van der Waals surface area (Å²) in [5.74, 6) is 2.53. The number of hydrogen-bond acceptors (Lipinski definition) is 2. The molecule has 4 heteroatoms. The summed E-state index contributed by atoms with van der Waals surface area (Å²) in [6.45, 7) is 0. The van der Waals surface area contributed by atoms with Gasteiger partial charge in [-0.25, -0.2) is 0 Å². The van der Waals surface area contributed by atoms with Crippen LogP contribution in [-0.2, 0) is 9.59 Å². The van der Waals surface area contributed by atoms with Gasteiger partial charge in [0, 0.05) is 5.56 Å². The molecule has 0 aromatic heterocycles. The van der Waals surface area contributed by atoms with Crippen LogP contribution in [0.3, 0.4) is 0 Å². The highest BCUT2D eigenvalue weighted by Gasteiger charge is 1.76. The number of rotatable bonds is 0. The van der Waals surface area contributed by atoms with E-state index in [0.717, 1.165) is 5.56 Å². The molecule has 0 aliphatic carbocycles. The third kappa shape index (κ3) is 19.0. The third-order valence-electron chi connectivity index (χ3n) is 0.940. The van der Waals surface area contributed by atoms with E-state index in [9.17, 15) is 4.39 Å². The first-order chi connectivity index (χ1) is 6.76. The highest BCUT2D eigenvalue weighted by Crippen LogP contribution is 1.92. The molecule has 0 amide bonds. The van der Waals surface area contributed by atoms with Crippen molar-refractivity contribution in [2.45, 2.75) is 7.43 Å². The molecule has 1 rings (SSSR count). The van der Waals surface area contributed by atoms with Gasteiger partial charge >= 0.3 is 6.15 Å². The Balaban J connectivity index is -0.0000000785. The van der Waals surface area contributed by atoms with Crippen molar-refractivity contribution in [3.63, 3.8) is 0 Å². The summed E-state index contributed by atoms with van der Waals surface area (Å²) in [4.78, 5) is 16.2. The number of benzene rings is 1. The Morgan fingerprint density at radius 2 is 1.67 bits per heavy atom. The van der Waals surface area contributed by atoms with Gasteiger partial charge in [0.25, 0.3) is 0 Å². The molecule has 0 saturated heterocycles. The van der Waals surface area contributed by atoms with E-state index in [1.165, 1.54) is 0 Å². The standard InChI is InChI=1S/C8H6.CH3F.CO2.CH4.ClH/c1-2-8-6-4-3-5-7-8;1-2;2-1-3;;/h1,3-7H;1H3;;1H4;1H/i;1D;;;. The quantitative estimate of drug-likeness (QED) is 0.646. The second-order valence-corrected chi connectivity index (χ2v) is 1.59.